The Labute approximate surface area is 146 Å². The molecule has 0 aliphatic carbocycles. The maximum atomic E-state index is 10.4. The SMILES string of the molecule is COc1cc([C@@H](N)[C@@H](O)Cc2ccccc2)c(Br)c(Br)c1O. The molecule has 2 rings (SSSR count). The van der Waals surface area contributed by atoms with Crippen molar-refractivity contribution in [1.29, 1.82) is 0 Å². The van der Waals surface area contributed by atoms with Gasteiger partial charge in [-0.2, -0.15) is 0 Å². The predicted octanol–water partition coefficient (Wildman–Crippen LogP) is 3.53. The average Bonchev–Trinajstić information content (AvgIpc) is 2.53. The Morgan fingerprint density at radius 2 is 1.82 bits per heavy atom. The van der Waals surface area contributed by atoms with Crippen LogP contribution in [0.3, 0.4) is 0 Å². The van der Waals surface area contributed by atoms with Gasteiger partial charge in [0.1, 0.15) is 0 Å². The van der Waals surface area contributed by atoms with Crippen molar-refractivity contribution in [2.45, 2.75) is 18.6 Å². The van der Waals surface area contributed by atoms with Gasteiger partial charge in [0.15, 0.2) is 11.5 Å². The van der Waals surface area contributed by atoms with E-state index in [1.54, 1.807) is 6.07 Å². The number of ether oxygens (including phenoxy) is 1. The van der Waals surface area contributed by atoms with E-state index in [-0.39, 0.29) is 5.75 Å². The minimum Gasteiger partial charge on any atom is -0.503 e. The number of aliphatic hydroxyl groups is 1. The number of hydrogen-bond acceptors (Lipinski definition) is 4. The van der Waals surface area contributed by atoms with Gasteiger partial charge < -0.3 is 20.7 Å². The van der Waals surface area contributed by atoms with E-state index in [4.69, 9.17) is 10.5 Å². The smallest absolute Gasteiger partial charge is 0.173 e. The number of halogens is 2. The fourth-order valence-corrected chi connectivity index (χ4v) is 3.19. The molecule has 4 nitrogen and oxygen atoms in total. The normalized spacial score (nSPS) is 13.7. The van der Waals surface area contributed by atoms with E-state index in [0.29, 0.717) is 26.7 Å². The maximum absolute atomic E-state index is 10.4. The van der Waals surface area contributed by atoms with Gasteiger partial charge in [-0.3, -0.25) is 0 Å². The molecule has 0 aliphatic heterocycles. The summed E-state index contributed by atoms with van der Waals surface area (Å²) in [4.78, 5) is 0. The van der Waals surface area contributed by atoms with E-state index in [9.17, 15) is 10.2 Å². The van der Waals surface area contributed by atoms with Crippen molar-refractivity contribution < 1.29 is 14.9 Å². The molecule has 0 heterocycles. The second-order valence-electron chi connectivity index (χ2n) is 4.93. The van der Waals surface area contributed by atoms with Crippen molar-refractivity contribution in [2.75, 3.05) is 7.11 Å². The third-order valence-electron chi connectivity index (χ3n) is 3.46. The van der Waals surface area contributed by atoms with Crippen LogP contribution >= 0.6 is 31.9 Å². The van der Waals surface area contributed by atoms with Gasteiger partial charge in [0.05, 0.1) is 23.7 Å². The second kappa shape index (κ2) is 7.46. The van der Waals surface area contributed by atoms with Crippen LogP contribution in [0.4, 0.5) is 0 Å². The number of methoxy groups -OCH3 is 1. The molecule has 0 saturated carbocycles. The monoisotopic (exact) mass is 429 g/mol. The molecular weight excluding hydrogens is 414 g/mol. The highest BCUT2D eigenvalue weighted by molar-refractivity contribution is 9.13. The Kier molecular flexibility index (Phi) is 5.86. The quantitative estimate of drug-likeness (QED) is 0.678. The lowest BCUT2D eigenvalue weighted by Gasteiger charge is -2.22. The van der Waals surface area contributed by atoms with Gasteiger partial charge in [0.25, 0.3) is 0 Å². The summed E-state index contributed by atoms with van der Waals surface area (Å²) >= 11 is 6.69. The summed E-state index contributed by atoms with van der Waals surface area (Å²) in [5.41, 5.74) is 7.86. The Hall–Kier alpha value is -1.08. The van der Waals surface area contributed by atoms with Gasteiger partial charge in [0, 0.05) is 10.9 Å². The molecule has 118 valence electrons. The van der Waals surface area contributed by atoms with Crippen LogP contribution in [-0.2, 0) is 6.42 Å². The average molecular weight is 431 g/mol. The van der Waals surface area contributed by atoms with Crippen LogP contribution in [0.2, 0.25) is 0 Å². The summed E-state index contributed by atoms with van der Waals surface area (Å²) in [7, 11) is 1.46. The largest absolute Gasteiger partial charge is 0.503 e. The number of phenolic OH excluding ortho intramolecular Hbond substituents is 1. The molecule has 0 aliphatic rings. The molecule has 6 heteroatoms. The van der Waals surface area contributed by atoms with Crippen molar-refractivity contribution in [1.82, 2.24) is 0 Å². The summed E-state index contributed by atoms with van der Waals surface area (Å²) in [6.07, 6.45) is -0.324. The zero-order valence-corrected chi connectivity index (χ0v) is 15.1. The van der Waals surface area contributed by atoms with E-state index >= 15 is 0 Å². The Bertz CT molecular complexity index is 650. The molecule has 22 heavy (non-hydrogen) atoms. The van der Waals surface area contributed by atoms with Gasteiger partial charge in [0.2, 0.25) is 0 Å². The summed E-state index contributed by atoms with van der Waals surface area (Å²) in [6.45, 7) is 0. The Morgan fingerprint density at radius 1 is 1.18 bits per heavy atom. The summed E-state index contributed by atoms with van der Waals surface area (Å²) in [5, 5.41) is 20.4. The van der Waals surface area contributed by atoms with Gasteiger partial charge in [-0.05, 0) is 49.1 Å². The fraction of sp³-hybridized carbons (Fsp3) is 0.250. The zero-order valence-electron chi connectivity index (χ0n) is 12.0. The molecule has 0 aromatic heterocycles. The first-order chi connectivity index (χ1) is 10.5. The summed E-state index contributed by atoms with van der Waals surface area (Å²) < 4.78 is 6.18. The van der Waals surface area contributed by atoms with Gasteiger partial charge in [-0.1, -0.05) is 30.3 Å². The first-order valence-electron chi connectivity index (χ1n) is 6.68. The third kappa shape index (κ3) is 3.63. The lowest BCUT2D eigenvalue weighted by molar-refractivity contribution is 0.144. The molecule has 0 amide bonds. The molecule has 0 bridgehead atoms. The number of aliphatic hydroxyl groups excluding tert-OH is 1. The van der Waals surface area contributed by atoms with E-state index in [1.165, 1.54) is 7.11 Å². The Morgan fingerprint density at radius 3 is 2.41 bits per heavy atom. The molecule has 0 fully saturated rings. The minimum atomic E-state index is -0.764. The van der Waals surface area contributed by atoms with Gasteiger partial charge in [-0.15, -0.1) is 0 Å². The molecular formula is C16H17Br2NO3. The molecule has 0 spiro atoms. The van der Waals surface area contributed by atoms with Crippen LogP contribution in [0.5, 0.6) is 11.5 Å². The van der Waals surface area contributed by atoms with Crippen LogP contribution in [0.1, 0.15) is 17.2 Å². The zero-order chi connectivity index (χ0) is 16.3. The number of rotatable bonds is 5. The van der Waals surface area contributed by atoms with Gasteiger partial charge >= 0.3 is 0 Å². The molecule has 2 atom stereocenters. The van der Waals surface area contributed by atoms with Crippen LogP contribution in [-0.4, -0.2) is 23.4 Å². The predicted molar refractivity (Wildman–Crippen MR) is 93.1 cm³/mol. The standard InChI is InChI=1S/C16H17Br2NO3/c1-22-12-8-10(13(17)14(18)16(12)21)15(19)11(20)7-9-5-3-2-4-6-9/h2-6,8,11,15,20-21H,7,19H2,1H3/t11-,15+/m0/s1. The highest BCUT2D eigenvalue weighted by atomic mass is 79.9. The highest BCUT2D eigenvalue weighted by Crippen LogP contribution is 2.43. The highest BCUT2D eigenvalue weighted by Gasteiger charge is 2.24. The first kappa shape index (κ1) is 17.3. The van der Waals surface area contributed by atoms with Crippen molar-refractivity contribution in [2.24, 2.45) is 5.73 Å². The molecule has 0 unspecified atom stereocenters. The van der Waals surface area contributed by atoms with Gasteiger partial charge in [-0.25, -0.2) is 0 Å². The van der Waals surface area contributed by atoms with E-state index < -0.39 is 12.1 Å². The molecule has 2 aromatic carbocycles. The lowest BCUT2D eigenvalue weighted by Crippen LogP contribution is -2.28. The molecule has 0 saturated heterocycles. The Balaban J connectivity index is 2.29. The summed E-state index contributed by atoms with van der Waals surface area (Å²) in [6, 6.07) is 10.7. The number of hydrogen-bond donors (Lipinski definition) is 3. The van der Waals surface area contributed by atoms with Crippen LogP contribution in [0.25, 0.3) is 0 Å². The van der Waals surface area contributed by atoms with Crippen molar-refractivity contribution in [3.05, 3.63) is 56.5 Å². The summed E-state index contributed by atoms with van der Waals surface area (Å²) in [5.74, 6) is 0.287. The van der Waals surface area contributed by atoms with Crippen molar-refractivity contribution in [3.8, 4) is 11.5 Å². The second-order valence-corrected chi connectivity index (χ2v) is 6.51. The fourth-order valence-electron chi connectivity index (χ4n) is 2.20. The van der Waals surface area contributed by atoms with Crippen LogP contribution < -0.4 is 10.5 Å². The number of benzene rings is 2. The molecule has 2 aromatic rings. The number of aromatic hydroxyl groups is 1. The van der Waals surface area contributed by atoms with E-state index in [0.717, 1.165) is 5.56 Å². The van der Waals surface area contributed by atoms with E-state index in [2.05, 4.69) is 31.9 Å². The number of nitrogens with two attached hydrogens (primary N) is 1. The van der Waals surface area contributed by atoms with E-state index in [1.807, 2.05) is 30.3 Å². The first-order valence-corrected chi connectivity index (χ1v) is 8.26. The lowest BCUT2D eigenvalue weighted by atomic mass is 9.96. The van der Waals surface area contributed by atoms with Crippen molar-refractivity contribution in [3.63, 3.8) is 0 Å². The van der Waals surface area contributed by atoms with Crippen molar-refractivity contribution >= 4 is 31.9 Å². The minimum absolute atomic E-state index is 0.0112. The maximum Gasteiger partial charge on any atom is 0.173 e. The van der Waals surface area contributed by atoms with Crippen LogP contribution in [0.15, 0.2) is 45.3 Å². The molecule has 4 N–H and O–H groups in total. The third-order valence-corrected chi connectivity index (χ3v) is 5.61. The topological polar surface area (TPSA) is 75.7 Å². The number of phenols is 1. The van der Waals surface area contributed by atoms with Crippen LogP contribution in [0, 0.1) is 0 Å². The molecule has 0 radical (unpaired) electrons.